The monoisotopic (exact) mass is 369 g/mol. The molecule has 2 heterocycles. The maximum atomic E-state index is 12.9. The highest BCUT2D eigenvalue weighted by Crippen LogP contribution is 2.18. The van der Waals surface area contributed by atoms with Crippen molar-refractivity contribution in [1.29, 1.82) is 0 Å². The lowest BCUT2D eigenvalue weighted by Gasteiger charge is -2.28. The molecule has 0 bridgehead atoms. The molecule has 6 nitrogen and oxygen atoms in total. The molecule has 0 radical (unpaired) electrons. The third-order valence-electron chi connectivity index (χ3n) is 5.05. The van der Waals surface area contributed by atoms with Crippen molar-refractivity contribution in [3.8, 4) is 0 Å². The maximum absolute atomic E-state index is 12.9. The van der Waals surface area contributed by atoms with Gasteiger partial charge in [0.1, 0.15) is 12.0 Å². The zero-order valence-corrected chi connectivity index (χ0v) is 16.2. The summed E-state index contributed by atoms with van der Waals surface area (Å²) < 4.78 is 5.16. The first kappa shape index (κ1) is 19.2. The van der Waals surface area contributed by atoms with E-state index in [4.69, 9.17) is 4.42 Å². The van der Waals surface area contributed by atoms with E-state index in [2.05, 4.69) is 24.3 Å². The Labute approximate surface area is 160 Å². The maximum Gasteiger partial charge on any atom is 0.258 e. The molecule has 1 aliphatic rings. The minimum Gasteiger partial charge on any atom is -0.469 e. The number of carbonyl (C=O) groups excluding carboxylic acids is 2. The van der Waals surface area contributed by atoms with E-state index in [-0.39, 0.29) is 11.8 Å². The Bertz CT molecular complexity index is 795. The standard InChI is InChI=1S/C21H27N3O3/c1-15-12-17(14-27-15)20(25)22-18-9-7-16(8-10-18)21(26)24-11-5-4-6-19(13-24)23(2)3/h7-10,12,14,19H,4-6,11,13H2,1-3H3,(H,22,25). The number of anilines is 1. The van der Waals surface area contributed by atoms with Crippen LogP contribution in [0, 0.1) is 6.92 Å². The first-order valence-corrected chi connectivity index (χ1v) is 9.36. The van der Waals surface area contributed by atoms with Crippen LogP contribution in [-0.4, -0.2) is 54.8 Å². The van der Waals surface area contributed by atoms with Gasteiger partial charge in [0.05, 0.1) is 5.56 Å². The van der Waals surface area contributed by atoms with Gasteiger partial charge in [-0.05, 0) is 64.2 Å². The number of nitrogens with one attached hydrogen (secondary N) is 1. The summed E-state index contributed by atoms with van der Waals surface area (Å²) in [5.74, 6) is 0.508. The predicted octanol–water partition coefficient (Wildman–Crippen LogP) is 3.40. The van der Waals surface area contributed by atoms with E-state index in [0.717, 1.165) is 32.4 Å². The molecule has 1 atom stereocenters. The van der Waals surface area contributed by atoms with Gasteiger partial charge < -0.3 is 19.5 Å². The number of aryl methyl sites for hydroxylation is 1. The molecule has 3 rings (SSSR count). The summed E-state index contributed by atoms with van der Waals surface area (Å²) in [5.41, 5.74) is 1.77. The lowest BCUT2D eigenvalue weighted by molar-refractivity contribution is 0.0725. The van der Waals surface area contributed by atoms with Crippen molar-refractivity contribution in [2.45, 2.75) is 32.2 Å². The van der Waals surface area contributed by atoms with Crippen LogP contribution in [0.2, 0.25) is 0 Å². The van der Waals surface area contributed by atoms with Gasteiger partial charge in [-0.3, -0.25) is 9.59 Å². The van der Waals surface area contributed by atoms with Crippen LogP contribution >= 0.6 is 0 Å². The molecule has 1 unspecified atom stereocenters. The second-order valence-corrected chi connectivity index (χ2v) is 7.34. The van der Waals surface area contributed by atoms with Crippen molar-refractivity contribution in [3.63, 3.8) is 0 Å². The number of carbonyl (C=O) groups is 2. The van der Waals surface area contributed by atoms with Crippen LogP contribution in [0.3, 0.4) is 0 Å². The van der Waals surface area contributed by atoms with Crippen molar-refractivity contribution in [2.75, 3.05) is 32.5 Å². The van der Waals surface area contributed by atoms with Gasteiger partial charge in [0.25, 0.3) is 11.8 Å². The van der Waals surface area contributed by atoms with Crippen LogP contribution < -0.4 is 5.32 Å². The summed E-state index contributed by atoms with van der Waals surface area (Å²) in [4.78, 5) is 29.2. The molecule has 144 valence electrons. The Morgan fingerprint density at radius 3 is 2.52 bits per heavy atom. The molecule has 1 aliphatic heterocycles. The van der Waals surface area contributed by atoms with Gasteiger partial charge >= 0.3 is 0 Å². The highest BCUT2D eigenvalue weighted by Gasteiger charge is 2.24. The number of rotatable bonds is 4. The van der Waals surface area contributed by atoms with E-state index in [1.54, 1.807) is 37.3 Å². The summed E-state index contributed by atoms with van der Waals surface area (Å²) in [5, 5.41) is 2.82. The fourth-order valence-electron chi connectivity index (χ4n) is 3.37. The minimum atomic E-state index is -0.229. The lowest BCUT2D eigenvalue weighted by atomic mass is 10.1. The Hall–Kier alpha value is -2.60. The zero-order chi connectivity index (χ0) is 19.4. The number of nitrogens with zero attached hydrogens (tertiary/aromatic N) is 2. The fraction of sp³-hybridized carbons (Fsp3) is 0.429. The Morgan fingerprint density at radius 2 is 1.89 bits per heavy atom. The van der Waals surface area contributed by atoms with Crippen LogP contribution in [0.15, 0.2) is 41.0 Å². The van der Waals surface area contributed by atoms with Crippen LogP contribution in [0.1, 0.15) is 45.7 Å². The van der Waals surface area contributed by atoms with Crippen LogP contribution in [-0.2, 0) is 0 Å². The van der Waals surface area contributed by atoms with E-state index in [9.17, 15) is 9.59 Å². The Morgan fingerprint density at radius 1 is 1.15 bits per heavy atom. The van der Waals surface area contributed by atoms with Crippen LogP contribution in [0.4, 0.5) is 5.69 Å². The first-order valence-electron chi connectivity index (χ1n) is 9.36. The summed E-state index contributed by atoms with van der Waals surface area (Å²) in [6, 6.07) is 9.16. The number of likely N-dealkylation sites (N-methyl/N-ethyl adjacent to an activating group) is 1. The largest absolute Gasteiger partial charge is 0.469 e. The quantitative estimate of drug-likeness (QED) is 0.897. The topological polar surface area (TPSA) is 65.8 Å². The van der Waals surface area contributed by atoms with Gasteiger partial charge in [-0.15, -0.1) is 0 Å². The number of hydrogen-bond donors (Lipinski definition) is 1. The van der Waals surface area contributed by atoms with Crippen molar-refractivity contribution < 1.29 is 14.0 Å². The first-order chi connectivity index (χ1) is 12.9. The summed E-state index contributed by atoms with van der Waals surface area (Å²) in [6.07, 6.45) is 4.73. The lowest BCUT2D eigenvalue weighted by Crippen LogP contribution is -2.41. The molecule has 6 heteroatoms. The number of hydrogen-bond acceptors (Lipinski definition) is 4. The van der Waals surface area contributed by atoms with E-state index < -0.39 is 0 Å². The van der Waals surface area contributed by atoms with Crippen molar-refractivity contribution >= 4 is 17.5 Å². The van der Waals surface area contributed by atoms with Crippen molar-refractivity contribution in [3.05, 3.63) is 53.5 Å². The van der Waals surface area contributed by atoms with E-state index >= 15 is 0 Å². The van der Waals surface area contributed by atoms with Crippen LogP contribution in [0.25, 0.3) is 0 Å². The molecular weight excluding hydrogens is 342 g/mol. The number of amides is 2. The average Bonchev–Trinajstić information content (AvgIpc) is 2.93. The van der Waals surface area contributed by atoms with Crippen molar-refractivity contribution in [1.82, 2.24) is 9.80 Å². The molecule has 1 aromatic heterocycles. The minimum absolute atomic E-state index is 0.0482. The summed E-state index contributed by atoms with van der Waals surface area (Å²) in [7, 11) is 4.13. The molecule has 1 fully saturated rings. The van der Waals surface area contributed by atoms with Crippen LogP contribution in [0.5, 0.6) is 0 Å². The third-order valence-corrected chi connectivity index (χ3v) is 5.05. The second kappa shape index (κ2) is 8.39. The molecule has 1 saturated heterocycles. The summed E-state index contributed by atoms with van der Waals surface area (Å²) >= 11 is 0. The van der Waals surface area contributed by atoms with Gasteiger partial charge in [0.15, 0.2) is 0 Å². The SMILES string of the molecule is Cc1cc(C(=O)Nc2ccc(C(=O)N3CCCCC(N(C)C)C3)cc2)co1. The predicted molar refractivity (Wildman–Crippen MR) is 105 cm³/mol. The van der Waals surface area contributed by atoms with E-state index in [1.807, 2.05) is 4.90 Å². The molecule has 0 saturated carbocycles. The molecule has 2 amide bonds. The van der Waals surface area contributed by atoms with Gasteiger partial charge in [-0.25, -0.2) is 0 Å². The zero-order valence-electron chi connectivity index (χ0n) is 16.2. The number of likely N-dealkylation sites (tertiary alicyclic amines) is 1. The highest BCUT2D eigenvalue weighted by atomic mass is 16.3. The fourth-order valence-corrected chi connectivity index (χ4v) is 3.37. The smallest absolute Gasteiger partial charge is 0.258 e. The average molecular weight is 369 g/mol. The van der Waals surface area contributed by atoms with E-state index in [0.29, 0.717) is 28.6 Å². The van der Waals surface area contributed by atoms with Gasteiger partial charge in [-0.2, -0.15) is 0 Å². The molecular formula is C21H27N3O3. The highest BCUT2D eigenvalue weighted by molar-refractivity contribution is 6.04. The normalized spacial score (nSPS) is 17.6. The van der Waals surface area contributed by atoms with Crippen molar-refractivity contribution in [2.24, 2.45) is 0 Å². The van der Waals surface area contributed by atoms with Gasteiger partial charge in [-0.1, -0.05) is 6.42 Å². The molecule has 0 aliphatic carbocycles. The molecule has 2 aromatic rings. The molecule has 1 aromatic carbocycles. The number of furan rings is 1. The summed E-state index contributed by atoms with van der Waals surface area (Å²) in [6.45, 7) is 3.34. The molecule has 0 spiro atoms. The van der Waals surface area contributed by atoms with E-state index in [1.165, 1.54) is 6.26 Å². The molecule has 27 heavy (non-hydrogen) atoms. The molecule has 1 N–H and O–H groups in total. The Kier molecular flexibility index (Phi) is 5.96. The van der Waals surface area contributed by atoms with Gasteiger partial charge in [0, 0.05) is 30.4 Å². The number of benzene rings is 1. The second-order valence-electron chi connectivity index (χ2n) is 7.34. The Balaban J connectivity index is 1.65. The van der Waals surface area contributed by atoms with Gasteiger partial charge in [0.2, 0.25) is 0 Å². The third kappa shape index (κ3) is 4.77.